The number of carboxylic acid groups (broad SMARTS) is 6. The van der Waals surface area contributed by atoms with Gasteiger partial charge in [-0.15, -0.1) is 37.9 Å². The van der Waals surface area contributed by atoms with Crippen LogP contribution in [0.2, 0.25) is 4.44 Å². The number of carbonyl (C=O) groups excluding carboxylic acids is 6. The van der Waals surface area contributed by atoms with E-state index in [1.54, 1.807) is 22.5 Å². The summed E-state index contributed by atoms with van der Waals surface area (Å²) in [7, 11) is 0. The molecule has 232 valence electrons. The molecule has 0 bridgehead atoms. The molecule has 0 aromatic heterocycles. The summed E-state index contributed by atoms with van der Waals surface area (Å²) in [5, 5.41) is 84.2. The zero-order valence-electron chi connectivity index (χ0n) is 21.6. The Kier molecular flexibility index (Phi) is 37.0. The smallest absolute Gasteiger partial charge is 0.813 e. The van der Waals surface area contributed by atoms with Gasteiger partial charge in [0.05, 0.1) is 17.9 Å². The molecule has 0 spiro atoms. The molecular formula is C20H30O15S4Sn2. The summed E-state index contributed by atoms with van der Waals surface area (Å²) >= 11 is 11.0. The number of hydrogen-bond acceptors (Lipinski definition) is 19. The maximum absolute atomic E-state index is 9.83. The molecule has 3 N–H and O–H groups in total. The van der Waals surface area contributed by atoms with Crippen LogP contribution in [0.1, 0.15) is 64.7 Å². The van der Waals surface area contributed by atoms with Crippen LogP contribution in [0, 0.1) is 0 Å². The summed E-state index contributed by atoms with van der Waals surface area (Å²) in [5.41, 5.74) is 0. The second-order valence-electron chi connectivity index (χ2n) is 7.48. The van der Waals surface area contributed by atoms with Crippen LogP contribution in [0.25, 0.3) is 0 Å². The minimum Gasteiger partial charge on any atom is -0.813 e. The predicted octanol–water partition coefficient (Wildman–Crippen LogP) is -8.23. The third-order valence-electron chi connectivity index (χ3n) is 3.68. The molecule has 21 heteroatoms. The van der Waals surface area contributed by atoms with Crippen molar-refractivity contribution in [3.63, 3.8) is 0 Å². The van der Waals surface area contributed by atoms with Crippen molar-refractivity contribution >= 4 is 134 Å². The zero-order valence-corrected chi connectivity index (χ0v) is 30.9. The Labute approximate surface area is 290 Å². The average Bonchev–Trinajstić information content (AvgIpc) is 2.72. The number of hydrogen-bond donors (Lipinski definition) is 6. The Morgan fingerprint density at radius 1 is 0.585 bits per heavy atom. The molecule has 0 aromatic rings. The maximum Gasteiger partial charge on any atom is 4.00 e. The van der Waals surface area contributed by atoms with Crippen LogP contribution < -0.4 is 30.6 Å². The Hall–Kier alpha value is -0.303. The van der Waals surface area contributed by atoms with Crippen molar-refractivity contribution in [3.05, 3.63) is 0 Å². The van der Waals surface area contributed by atoms with E-state index in [2.05, 4.69) is 44.8 Å². The molecule has 3 atom stereocenters. The van der Waals surface area contributed by atoms with E-state index in [-0.39, 0.29) is 37.4 Å². The van der Waals surface area contributed by atoms with E-state index in [9.17, 15) is 59.4 Å². The number of aliphatic carboxylic acids is 6. The second kappa shape index (κ2) is 28.5. The third-order valence-corrected chi connectivity index (χ3v) is 5.71. The van der Waals surface area contributed by atoms with Crippen LogP contribution >= 0.6 is 37.9 Å². The number of rotatable bonds is 15. The maximum atomic E-state index is 9.83. The van der Waals surface area contributed by atoms with Gasteiger partial charge in [-0.2, -0.15) is 0 Å². The van der Waals surface area contributed by atoms with E-state index < -0.39 is 69.9 Å². The van der Waals surface area contributed by atoms with Crippen molar-refractivity contribution < 1.29 is 74.7 Å². The van der Waals surface area contributed by atoms with Gasteiger partial charge in [0.15, 0.2) is 14.8 Å². The Morgan fingerprint density at radius 2 is 0.805 bits per heavy atom. The first-order valence-electron chi connectivity index (χ1n) is 10.7. The fourth-order valence-corrected chi connectivity index (χ4v) is 2.83. The normalized spacial score (nSPS) is 13.8. The first-order valence-corrected chi connectivity index (χ1v) is 14.1. The summed E-state index contributed by atoms with van der Waals surface area (Å²) in [6.07, 6.45) is 5.41. The molecule has 3 unspecified atom stereocenters. The Morgan fingerprint density at radius 3 is 0.951 bits per heavy atom. The molecule has 0 radical (unpaired) electrons. The van der Waals surface area contributed by atoms with Crippen LogP contribution in [0.4, 0.5) is 0 Å². The average molecular weight is 876 g/mol. The standard InChI is InChI=1S/C8H17.3C4H6O5S.H2S.2Sn/c1-3-5-7-8-6-4-2;3*5-2(6)1-4(9,10)3(7)8;;;/h1,3-8H2,2H3;3*9-10H,1H2,(H,5,6)(H,7,8);1H2;;/q;;;;;+3;+4/p-7. The van der Waals surface area contributed by atoms with Gasteiger partial charge in [0.2, 0.25) is 0 Å². The molecule has 0 fully saturated rings. The van der Waals surface area contributed by atoms with Gasteiger partial charge < -0.3 is 88.2 Å². The van der Waals surface area contributed by atoms with E-state index in [0.717, 1.165) is 0 Å². The van der Waals surface area contributed by atoms with E-state index in [4.69, 9.17) is 15.3 Å². The SMILES string of the molecule is CCCCCCC[CH2][Sn+3].O=C([O-])CC(O)(S)C(=O)[O-].O=C([O-])CC(O)(S)C(=O)[O-].O=C([O-])CC(O)(S)C(=O)[O-].[SH-].[Sn+4]. The van der Waals surface area contributed by atoms with Gasteiger partial charge in [-0.25, -0.2) is 0 Å². The molecular weight excluding hydrogens is 846 g/mol. The van der Waals surface area contributed by atoms with Gasteiger partial charge in [-0.3, -0.25) is 0 Å². The Bertz CT molecular complexity index is 700. The Balaban J connectivity index is -0.0000000981. The molecule has 0 rings (SSSR count). The van der Waals surface area contributed by atoms with E-state index in [1.807, 2.05) is 0 Å². The van der Waals surface area contributed by atoms with Crippen LogP contribution in [0.3, 0.4) is 0 Å². The molecule has 15 nitrogen and oxygen atoms in total. The minimum atomic E-state index is -2.64. The van der Waals surface area contributed by atoms with Crippen molar-refractivity contribution in [2.75, 3.05) is 0 Å². The first kappa shape index (κ1) is 53.3. The van der Waals surface area contributed by atoms with Gasteiger partial charge >= 0.3 is 96.3 Å². The molecule has 0 saturated carbocycles. The van der Waals surface area contributed by atoms with E-state index >= 15 is 0 Å². The molecule has 0 saturated heterocycles. The molecule has 0 heterocycles. The molecule has 0 aliphatic carbocycles. The second-order valence-corrected chi connectivity index (χ2v) is 11.1. The topological polar surface area (TPSA) is 301 Å². The summed E-state index contributed by atoms with van der Waals surface area (Å²) in [6, 6.07) is 0. The van der Waals surface area contributed by atoms with Crippen molar-refractivity contribution in [3.8, 4) is 0 Å². The van der Waals surface area contributed by atoms with Crippen molar-refractivity contribution in [2.45, 2.75) is 83.9 Å². The summed E-state index contributed by atoms with van der Waals surface area (Å²) < 4.78 is 1.46. The summed E-state index contributed by atoms with van der Waals surface area (Å²) in [5.74, 6) is -11.0. The van der Waals surface area contributed by atoms with E-state index in [0.29, 0.717) is 0 Å². The summed E-state index contributed by atoms with van der Waals surface area (Å²) in [6.45, 7) is 2.27. The number of aliphatic hydroxyl groups is 3. The third kappa shape index (κ3) is 37.7. The van der Waals surface area contributed by atoms with Gasteiger partial charge in [0.1, 0.15) is 0 Å². The largest absolute Gasteiger partial charge is 4.00 e. The minimum absolute atomic E-state index is 0. The zero-order chi connectivity index (χ0) is 32.0. The van der Waals surface area contributed by atoms with Crippen molar-refractivity contribution in [2.24, 2.45) is 0 Å². The predicted molar refractivity (Wildman–Crippen MR) is 144 cm³/mol. The monoisotopic (exact) mass is 878 g/mol. The molecule has 0 aromatic carbocycles. The quantitative estimate of drug-likeness (QED) is 0.0293. The van der Waals surface area contributed by atoms with Crippen LogP contribution in [-0.4, -0.2) is 112 Å². The van der Waals surface area contributed by atoms with Crippen LogP contribution in [0.15, 0.2) is 0 Å². The summed E-state index contributed by atoms with van der Waals surface area (Å²) in [4.78, 5) is 50.7. The fourth-order valence-electron chi connectivity index (χ4n) is 1.73. The fraction of sp³-hybridized carbons (Fsp3) is 0.700. The number of carboxylic acids is 6. The molecule has 0 amide bonds. The van der Waals surface area contributed by atoms with E-state index in [1.165, 1.54) is 43.0 Å². The van der Waals surface area contributed by atoms with Crippen molar-refractivity contribution in [1.29, 1.82) is 0 Å². The molecule has 41 heavy (non-hydrogen) atoms. The number of unbranched alkanes of at least 4 members (excludes halogenated alkanes) is 5. The van der Waals surface area contributed by atoms with Gasteiger partial charge in [-0.1, -0.05) is 0 Å². The van der Waals surface area contributed by atoms with Gasteiger partial charge in [0.25, 0.3) is 0 Å². The van der Waals surface area contributed by atoms with Gasteiger partial charge in [-0.05, 0) is 0 Å². The number of carbonyl (C=O) groups is 6. The van der Waals surface area contributed by atoms with Crippen LogP contribution in [0.5, 0.6) is 0 Å². The van der Waals surface area contributed by atoms with Crippen LogP contribution in [-0.2, 0) is 42.3 Å². The van der Waals surface area contributed by atoms with Gasteiger partial charge in [0, 0.05) is 37.2 Å². The van der Waals surface area contributed by atoms with Crippen molar-refractivity contribution in [1.82, 2.24) is 0 Å². The molecule has 0 aliphatic heterocycles. The first-order chi connectivity index (χ1) is 17.5. The molecule has 0 aliphatic rings. The number of thiol groups is 4.